The molecule has 2 aromatic heterocycles. The van der Waals surface area contributed by atoms with Gasteiger partial charge in [0.25, 0.3) is 5.91 Å². The number of carbonyl (C=O) groups excluding carboxylic acids is 1. The van der Waals surface area contributed by atoms with Crippen molar-refractivity contribution < 1.29 is 9.18 Å². The number of nitrogens with zero attached hydrogens (tertiary/aromatic N) is 3. The number of hydrogen-bond donors (Lipinski definition) is 1. The zero-order valence-corrected chi connectivity index (χ0v) is 10.8. The van der Waals surface area contributed by atoms with Crippen molar-refractivity contribution in [2.45, 2.75) is 26.4 Å². The number of halogens is 1. The van der Waals surface area contributed by atoms with Crippen LogP contribution in [0.25, 0.3) is 0 Å². The number of rotatable bonds is 4. The summed E-state index contributed by atoms with van der Waals surface area (Å²) in [6.07, 6.45) is 5.97. The second-order valence-electron chi connectivity index (χ2n) is 4.22. The lowest BCUT2D eigenvalue weighted by atomic mass is 10.1. The first-order valence-corrected chi connectivity index (χ1v) is 6.04. The van der Waals surface area contributed by atoms with Crippen LogP contribution in [-0.4, -0.2) is 20.7 Å². The van der Waals surface area contributed by atoms with Crippen molar-refractivity contribution in [2.24, 2.45) is 0 Å². The number of hydrogen-bond acceptors (Lipinski definition) is 3. The molecule has 0 radical (unpaired) electrons. The minimum Gasteiger partial charge on any atom is -0.345 e. The van der Waals surface area contributed by atoms with E-state index in [-0.39, 0.29) is 17.5 Å². The largest absolute Gasteiger partial charge is 0.345 e. The van der Waals surface area contributed by atoms with Crippen molar-refractivity contribution in [1.29, 1.82) is 0 Å². The third-order valence-electron chi connectivity index (χ3n) is 2.79. The SMILES string of the molecule is CCn1cc(C(C)NC(=O)c2cncc(F)c2)cn1. The fourth-order valence-electron chi connectivity index (χ4n) is 1.68. The van der Waals surface area contributed by atoms with Gasteiger partial charge in [-0.25, -0.2) is 4.39 Å². The van der Waals surface area contributed by atoms with Crippen LogP contribution in [0.5, 0.6) is 0 Å². The molecule has 1 N–H and O–H groups in total. The van der Waals surface area contributed by atoms with E-state index in [9.17, 15) is 9.18 Å². The summed E-state index contributed by atoms with van der Waals surface area (Å²) in [5.74, 6) is -0.886. The maximum absolute atomic E-state index is 13.0. The highest BCUT2D eigenvalue weighted by molar-refractivity contribution is 5.94. The van der Waals surface area contributed by atoms with Crippen LogP contribution in [-0.2, 0) is 6.54 Å². The molecule has 6 heteroatoms. The van der Waals surface area contributed by atoms with Crippen molar-refractivity contribution in [3.05, 3.63) is 47.8 Å². The number of amides is 1. The van der Waals surface area contributed by atoms with Crippen LogP contribution in [0.2, 0.25) is 0 Å². The predicted molar refractivity (Wildman–Crippen MR) is 68.0 cm³/mol. The minimum absolute atomic E-state index is 0.198. The second kappa shape index (κ2) is 5.60. The Morgan fingerprint density at radius 2 is 2.26 bits per heavy atom. The van der Waals surface area contributed by atoms with Gasteiger partial charge in [0.05, 0.1) is 24.0 Å². The average molecular weight is 262 g/mol. The molecule has 0 aliphatic heterocycles. The zero-order valence-electron chi connectivity index (χ0n) is 10.8. The predicted octanol–water partition coefficient (Wildman–Crippen LogP) is 1.93. The molecule has 5 nitrogen and oxygen atoms in total. The lowest BCUT2D eigenvalue weighted by molar-refractivity contribution is 0.0939. The molecule has 100 valence electrons. The Morgan fingerprint density at radius 1 is 1.47 bits per heavy atom. The summed E-state index contributed by atoms with van der Waals surface area (Å²) in [7, 11) is 0. The maximum Gasteiger partial charge on any atom is 0.253 e. The third-order valence-corrected chi connectivity index (χ3v) is 2.79. The monoisotopic (exact) mass is 262 g/mol. The molecule has 0 aliphatic rings. The normalized spacial score (nSPS) is 12.2. The van der Waals surface area contributed by atoms with Gasteiger partial charge in [0.2, 0.25) is 0 Å². The van der Waals surface area contributed by atoms with E-state index >= 15 is 0 Å². The van der Waals surface area contributed by atoms with Crippen LogP contribution in [0.4, 0.5) is 4.39 Å². The summed E-state index contributed by atoms with van der Waals surface area (Å²) in [5.41, 5.74) is 1.11. The topological polar surface area (TPSA) is 59.8 Å². The molecule has 2 heterocycles. The highest BCUT2D eigenvalue weighted by Crippen LogP contribution is 2.12. The Kier molecular flexibility index (Phi) is 3.89. The van der Waals surface area contributed by atoms with Crippen LogP contribution in [0, 0.1) is 5.82 Å². The van der Waals surface area contributed by atoms with E-state index in [0.29, 0.717) is 0 Å². The second-order valence-corrected chi connectivity index (χ2v) is 4.22. The van der Waals surface area contributed by atoms with Crippen LogP contribution < -0.4 is 5.32 Å². The number of pyridine rings is 1. The first-order chi connectivity index (χ1) is 9.10. The van der Waals surface area contributed by atoms with Gasteiger partial charge >= 0.3 is 0 Å². The fourth-order valence-corrected chi connectivity index (χ4v) is 1.68. The smallest absolute Gasteiger partial charge is 0.253 e. The van der Waals surface area contributed by atoms with Crippen molar-refractivity contribution in [3.8, 4) is 0 Å². The molecular weight excluding hydrogens is 247 g/mol. The highest BCUT2D eigenvalue weighted by atomic mass is 19.1. The molecule has 19 heavy (non-hydrogen) atoms. The van der Waals surface area contributed by atoms with Crippen LogP contribution in [0.15, 0.2) is 30.9 Å². The summed E-state index contributed by atoms with van der Waals surface area (Å²) >= 11 is 0. The lowest BCUT2D eigenvalue weighted by Gasteiger charge is -2.11. The quantitative estimate of drug-likeness (QED) is 0.915. The van der Waals surface area contributed by atoms with Gasteiger partial charge in [-0.2, -0.15) is 5.10 Å². The molecule has 0 saturated carbocycles. The summed E-state index contributed by atoms with van der Waals surface area (Å²) in [5, 5.41) is 6.92. The molecule has 0 saturated heterocycles. The van der Waals surface area contributed by atoms with Gasteiger partial charge in [-0.15, -0.1) is 0 Å². The van der Waals surface area contributed by atoms with Gasteiger partial charge in [-0.1, -0.05) is 0 Å². The summed E-state index contributed by atoms with van der Waals surface area (Å²) < 4.78 is 14.8. The van der Waals surface area contributed by atoms with Gasteiger partial charge in [-0.05, 0) is 19.9 Å². The van der Waals surface area contributed by atoms with Crippen LogP contribution >= 0.6 is 0 Å². The van der Waals surface area contributed by atoms with Crippen molar-refractivity contribution in [2.75, 3.05) is 0 Å². The average Bonchev–Trinajstić information content (AvgIpc) is 2.87. The molecule has 1 amide bonds. The van der Waals surface area contributed by atoms with E-state index < -0.39 is 5.82 Å². The van der Waals surface area contributed by atoms with Crippen molar-refractivity contribution in [1.82, 2.24) is 20.1 Å². The first kappa shape index (κ1) is 13.2. The van der Waals surface area contributed by atoms with E-state index in [4.69, 9.17) is 0 Å². The summed E-state index contributed by atoms with van der Waals surface area (Å²) in [6.45, 7) is 4.61. The Hall–Kier alpha value is -2.24. The highest BCUT2D eigenvalue weighted by Gasteiger charge is 2.13. The summed E-state index contributed by atoms with van der Waals surface area (Å²) in [6, 6.07) is 0.959. The van der Waals surface area contributed by atoms with Gasteiger partial charge < -0.3 is 5.32 Å². The first-order valence-electron chi connectivity index (χ1n) is 6.04. The Bertz CT molecular complexity index is 582. The standard InChI is InChI=1S/C13H15FN4O/c1-3-18-8-11(6-16-18)9(2)17-13(19)10-4-12(14)7-15-5-10/h4-9H,3H2,1-2H3,(H,17,19). The van der Waals surface area contributed by atoms with E-state index in [1.165, 1.54) is 6.20 Å². The van der Waals surface area contributed by atoms with Crippen molar-refractivity contribution in [3.63, 3.8) is 0 Å². The molecule has 0 aliphatic carbocycles. The van der Waals surface area contributed by atoms with Gasteiger partial charge in [0.15, 0.2) is 0 Å². The summed E-state index contributed by atoms with van der Waals surface area (Å²) in [4.78, 5) is 15.6. The van der Waals surface area contributed by atoms with Crippen LogP contribution in [0.1, 0.15) is 35.8 Å². The van der Waals surface area contributed by atoms with Crippen LogP contribution in [0.3, 0.4) is 0 Å². The van der Waals surface area contributed by atoms with Gasteiger partial charge in [-0.3, -0.25) is 14.5 Å². The molecule has 0 fully saturated rings. The van der Waals surface area contributed by atoms with E-state index in [1.54, 1.807) is 10.9 Å². The lowest BCUT2D eigenvalue weighted by Crippen LogP contribution is -2.26. The molecule has 0 aromatic carbocycles. The Morgan fingerprint density at radius 3 is 2.89 bits per heavy atom. The Balaban J connectivity index is 2.06. The molecule has 2 aromatic rings. The maximum atomic E-state index is 13.0. The number of aryl methyl sites for hydroxylation is 1. The number of nitrogens with one attached hydrogen (secondary N) is 1. The van der Waals surface area contributed by atoms with E-state index in [2.05, 4.69) is 15.4 Å². The molecular formula is C13H15FN4O. The van der Waals surface area contributed by atoms with E-state index in [0.717, 1.165) is 24.4 Å². The number of aromatic nitrogens is 3. The molecule has 2 rings (SSSR count). The number of carbonyl (C=O) groups is 1. The van der Waals surface area contributed by atoms with Gasteiger partial charge in [0.1, 0.15) is 5.82 Å². The molecule has 0 spiro atoms. The fraction of sp³-hybridized carbons (Fsp3) is 0.308. The third kappa shape index (κ3) is 3.15. The zero-order chi connectivity index (χ0) is 13.8. The molecule has 0 bridgehead atoms. The van der Waals surface area contributed by atoms with Crippen molar-refractivity contribution >= 4 is 5.91 Å². The van der Waals surface area contributed by atoms with Gasteiger partial charge in [0, 0.05) is 24.5 Å². The molecule has 1 unspecified atom stereocenters. The Labute approximate surface area is 110 Å². The minimum atomic E-state index is -0.529. The molecule has 1 atom stereocenters. The van der Waals surface area contributed by atoms with E-state index in [1.807, 2.05) is 20.0 Å².